The van der Waals surface area contributed by atoms with E-state index in [9.17, 15) is 5.11 Å². The van der Waals surface area contributed by atoms with Gasteiger partial charge in [0, 0.05) is 12.0 Å². The smallest absolute Gasteiger partial charge is 0.0502 e. The molecule has 0 spiro atoms. The molecular weight excluding hydrogens is 210 g/mol. The number of hydrogen-bond donors (Lipinski definition) is 2. The molecule has 0 saturated heterocycles. The van der Waals surface area contributed by atoms with Crippen LogP contribution in [0.2, 0.25) is 0 Å². The molecule has 0 radical (unpaired) electrons. The topological polar surface area (TPSA) is 46.2 Å². The SMILES string of the molecule is CC(C)(C)C1CCC(C2CC2(CN)CO)CC1. The molecule has 0 bridgehead atoms. The fourth-order valence-electron chi connectivity index (χ4n) is 3.91. The van der Waals surface area contributed by atoms with Crippen LogP contribution in [0.15, 0.2) is 0 Å². The minimum absolute atomic E-state index is 0.110. The van der Waals surface area contributed by atoms with Crippen LogP contribution in [-0.2, 0) is 0 Å². The molecule has 2 aliphatic carbocycles. The second kappa shape index (κ2) is 4.55. The lowest BCUT2D eigenvalue weighted by Gasteiger charge is -2.37. The van der Waals surface area contributed by atoms with Crippen molar-refractivity contribution in [3.8, 4) is 0 Å². The van der Waals surface area contributed by atoms with Gasteiger partial charge in [-0.3, -0.25) is 0 Å². The van der Waals surface area contributed by atoms with Gasteiger partial charge in [-0.1, -0.05) is 20.8 Å². The molecule has 2 heteroatoms. The second-order valence-corrected chi connectivity index (χ2v) is 7.51. The van der Waals surface area contributed by atoms with E-state index in [0.717, 1.165) is 17.8 Å². The van der Waals surface area contributed by atoms with Gasteiger partial charge in [0.2, 0.25) is 0 Å². The Morgan fingerprint density at radius 3 is 2.12 bits per heavy atom. The number of nitrogens with two attached hydrogens (primary N) is 1. The van der Waals surface area contributed by atoms with Gasteiger partial charge in [-0.2, -0.15) is 0 Å². The highest BCUT2D eigenvalue weighted by Gasteiger charge is 2.56. The molecule has 0 aromatic heterocycles. The third kappa shape index (κ3) is 2.53. The number of rotatable bonds is 3. The van der Waals surface area contributed by atoms with Crippen molar-refractivity contribution < 1.29 is 5.11 Å². The van der Waals surface area contributed by atoms with Crippen molar-refractivity contribution in [3.05, 3.63) is 0 Å². The van der Waals surface area contributed by atoms with Gasteiger partial charge < -0.3 is 10.8 Å². The molecule has 0 aromatic carbocycles. The molecule has 2 nitrogen and oxygen atoms in total. The van der Waals surface area contributed by atoms with E-state index in [-0.39, 0.29) is 5.41 Å². The quantitative estimate of drug-likeness (QED) is 0.795. The van der Waals surface area contributed by atoms with Crippen molar-refractivity contribution in [2.75, 3.05) is 13.2 Å². The zero-order valence-corrected chi connectivity index (χ0v) is 11.7. The molecular formula is C15H29NO. The summed E-state index contributed by atoms with van der Waals surface area (Å²) in [5.41, 5.74) is 6.39. The van der Waals surface area contributed by atoms with Gasteiger partial charge in [0.15, 0.2) is 0 Å². The highest BCUT2D eigenvalue weighted by molar-refractivity contribution is 5.06. The Morgan fingerprint density at radius 1 is 1.18 bits per heavy atom. The Kier molecular flexibility index (Phi) is 3.57. The van der Waals surface area contributed by atoms with Crippen LogP contribution < -0.4 is 5.73 Å². The molecule has 2 unspecified atom stereocenters. The van der Waals surface area contributed by atoms with Crippen molar-refractivity contribution in [1.82, 2.24) is 0 Å². The van der Waals surface area contributed by atoms with Crippen LogP contribution in [0, 0.1) is 28.6 Å². The van der Waals surface area contributed by atoms with E-state index in [1.807, 2.05) is 0 Å². The molecule has 2 atom stereocenters. The first kappa shape index (κ1) is 13.4. The monoisotopic (exact) mass is 239 g/mol. The maximum atomic E-state index is 9.46. The zero-order chi connectivity index (χ0) is 12.7. The third-order valence-corrected chi connectivity index (χ3v) is 5.54. The first-order chi connectivity index (χ1) is 7.93. The highest BCUT2D eigenvalue weighted by atomic mass is 16.3. The Hall–Kier alpha value is -0.0800. The molecule has 0 aromatic rings. The van der Waals surface area contributed by atoms with Gasteiger partial charge >= 0.3 is 0 Å². The van der Waals surface area contributed by atoms with Crippen molar-refractivity contribution in [2.45, 2.75) is 52.9 Å². The van der Waals surface area contributed by atoms with E-state index in [0.29, 0.717) is 18.6 Å². The number of aliphatic hydroxyl groups excluding tert-OH is 1. The number of hydrogen-bond acceptors (Lipinski definition) is 2. The van der Waals surface area contributed by atoms with Crippen LogP contribution >= 0.6 is 0 Å². The van der Waals surface area contributed by atoms with Crippen LogP contribution in [0.1, 0.15) is 52.9 Å². The van der Waals surface area contributed by atoms with E-state index in [1.165, 1.54) is 32.1 Å². The molecule has 2 aliphatic rings. The summed E-state index contributed by atoms with van der Waals surface area (Å²) >= 11 is 0. The van der Waals surface area contributed by atoms with Crippen molar-refractivity contribution >= 4 is 0 Å². The fraction of sp³-hybridized carbons (Fsp3) is 1.00. The lowest BCUT2D eigenvalue weighted by Crippen LogP contribution is -2.29. The molecule has 0 heterocycles. The normalized spacial score (nSPS) is 42.5. The predicted octanol–water partition coefficient (Wildman–Crippen LogP) is 2.80. The number of aliphatic hydroxyl groups is 1. The molecule has 2 fully saturated rings. The summed E-state index contributed by atoms with van der Waals surface area (Å²) in [5, 5.41) is 9.46. The lowest BCUT2D eigenvalue weighted by molar-refractivity contribution is 0.123. The summed E-state index contributed by atoms with van der Waals surface area (Å²) in [7, 11) is 0. The van der Waals surface area contributed by atoms with Gasteiger partial charge in [-0.15, -0.1) is 0 Å². The van der Waals surface area contributed by atoms with Crippen LogP contribution in [-0.4, -0.2) is 18.3 Å². The third-order valence-electron chi connectivity index (χ3n) is 5.54. The van der Waals surface area contributed by atoms with Gasteiger partial charge in [0.1, 0.15) is 0 Å². The van der Waals surface area contributed by atoms with Gasteiger partial charge in [-0.05, 0) is 55.3 Å². The average molecular weight is 239 g/mol. The molecule has 2 saturated carbocycles. The second-order valence-electron chi connectivity index (χ2n) is 7.51. The maximum absolute atomic E-state index is 9.46. The fourth-order valence-corrected chi connectivity index (χ4v) is 3.91. The molecule has 17 heavy (non-hydrogen) atoms. The van der Waals surface area contributed by atoms with Crippen LogP contribution in [0.4, 0.5) is 0 Å². The standard InChI is InChI=1S/C15H29NO/c1-14(2,3)12-6-4-11(5-7-12)13-8-15(13,9-16)10-17/h11-13,17H,4-10,16H2,1-3H3. The lowest BCUT2D eigenvalue weighted by atomic mass is 9.68. The molecule has 0 aliphatic heterocycles. The summed E-state index contributed by atoms with van der Waals surface area (Å²) in [6.45, 7) is 8.08. The van der Waals surface area contributed by atoms with Gasteiger partial charge in [0.25, 0.3) is 0 Å². The Balaban J connectivity index is 1.85. The summed E-state index contributed by atoms with van der Waals surface area (Å²) in [5.74, 6) is 2.45. The first-order valence-corrected chi connectivity index (χ1v) is 7.24. The minimum Gasteiger partial charge on any atom is -0.396 e. The Bertz CT molecular complexity index is 257. The van der Waals surface area contributed by atoms with E-state index < -0.39 is 0 Å². The summed E-state index contributed by atoms with van der Waals surface area (Å²) in [4.78, 5) is 0. The molecule has 0 amide bonds. The van der Waals surface area contributed by atoms with E-state index in [1.54, 1.807) is 0 Å². The van der Waals surface area contributed by atoms with Crippen LogP contribution in [0.25, 0.3) is 0 Å². The Morgan fingerprint density at radius 2 is 1.76 bits per heavy atom. The summed E-state index contributed by atoms with van der Waals surface area (Å²) in [6.07, 6.45) is 6.63. The predicted molar refractivity (Wildman–Crippen MR) is 71.6 cm³/mol. The zero-order valence-electron chi connectivity index (χ0n) is 11.7. The van der Waals surface area contributed by atoms with Crippen molar-refractivity contribution in [2.24, 2.45) is 34.3 Å². The van der Waals surface area contributed by atoms with E-state index in [2.05, 4.69) is 20.8 Å². The van der Waals surface area contributed by atoms with E-state index >= 15 is 0 Å². The summed E-state index contributed by atoms with van der Waals surface area (Å²) < 4.78 is 0. The average Bonchev–Trinajstić information content (AvgIpc) is 3.03. The van der Waals surface area contributed by atoms with E-state index in [4.69, 9.17) is 5.73 Å². The molecule has 100 valence electrons. The van der Waals surface area contributed by atoms with Crippen LogP contribution in [0.5, 0.6) is 0 Å². The largest absolute Gasteiger partial charge is 0.396 e. The highest BCUT2D eigenvalue weighted by Crippen LogP contribution is 2.59. The van der Waals surface area contributed by atoms with Crippen LogP contribution in [0.3, 0.4) is 0 Å². The molecule has 2 rings (SSSR count). The van der Waals surface area contributed by atoms with Crippen molar-refractivity contribution in [1.29, 1.82) is 0 Å². The maximum Gasteiger partial charge on any atom is 0.0502 e. The van der Waals surface area contributed by atoms with Gasteiger partial charge in [-0.25, -0.2) is 0 Å². The Labute approximate surface area is 106 Å². The van der Waals surface area contributed by atoms with Crippen molar-refractivity contribution in [3.63, 3.8) is 0 Å². The minimum atomic E-state index is 0.110. The molecule has 3 N–H and O–H groups in total. The first-order valence-electron chi connectivity index (χ1n) is 7.24. The summed E-state index contributed by atoms with van der Waals surface area (Å²) in [6, 6.07) is 0. The van der Waals surface area contributed by atoms with Gasteiger partial charge in [0.05, 0.1) is 6.61 Å².